The maximum absolute atomic E-state index is 12.3. The van der Waals surface area contributed by atoms with E-state index in [9.17, 15) is 9.59 Å². The highest BCUT2D eigenvalue weighted by molar-refractivity contribution is 6.33. The number of carbonyl (C=O) groups excluding carboxylic acids is 2. The van der Waals surface area contributed by atoms with Crippen LogP contribution in [0.5, 0.6) is 5.75 Å². The van der Waals surface area contributed by atoms with Crippen molar-refractivity contribution < 1.29 is 19.1 Å². The molecule has 0 bridgehead atoms. The molecule has 2 aromatic carbocycles. The number of amides is 1. The van der Waals surface area contributed by atoms with E-state index in [0.29, 0.717) is 22.0 Å². The Morgan fingerprint density at radius 3 is 2.69 bits per heavy atom. The fraction of sp³-hybridized carbons (Fsp3) is 0.217. The molecule has 1 aliphatic heterocycles. The Labute approximate surface area is 175 Å². The van der Waals surface area contributed by atoms with Crippen molar-refractivity contribution in [2.24, 2.45) is 0 Å². The highest BCUT2D eigenvalue weighted by Gasteiger charge is 2.30. The first-order chi connectivity index (χ1) is 13.8. The van der Waals surface area contributed by atoms with Gasteiger partial charge in [0.1, 0.15) is 12.4 Å². The molecular weight excluding hydrogens is 390 g/mol. The van der Waals surface area contributed by atoms with Gasteiger partial charge in [0.2, 0.25) is 5.91 Å². The molecule has 6 heteroatoms. The first-order valence-corrected chi connectivity index (χ1v) is 9.53. The summed E-state index contributed by atoms with van der Waals surface area (Å²) in [6, 6.07) is 12.1. The average molecular weight is 412 g/mol. The first kappa shape index (κ1) is 20.7. The molecule has 1 unspecified atom stereocenters. The van der Waals surface area contributed by atoms with Crippen LogP contribution in [0.15, 0.2) is 60.2 Å². The maximum Gasteiger partial charge on any atom is 0.339 e. The molecule has 0 aromatic heterocycles. The molecule has 2 aromatic rings. The van der Waals surface area contributed by atoms with E-state index in [2.05, 4.69) is 5.32 Å². The van der Waals surface area contributed by atoms with Crippen molar-refractivity contribution in [3.63, 3.8) is 0 Å². The van der Waals surface area contributed by atoms with Crippen LogP contribution in [0.3, 0.4) is 0 Å². The lowest BCUT2D eigenvalue weighted by Crippen LogP contribution is -2.38. The highest BCUT2D eigenvalue weighted by Crippen LogP contribution is 2.33. The Balaban J connectivity index is 1.67. The van der Waals surface area contributed by atoms with Gasteiger partial charge in [-0.05, 0) is 57.2 Å². The molecule has 5 nitrogen and oxygen atoms in total. The number of halogens is 1. The quantitative estimate of drug-likeness (QED) is 0.538. The highest BCUT2D eigenvalue weighted by atomic mass is 35.5. The number of esters is 1. The number of hydrogen-bond donors (Lipinski definition) is 1. The van der Waals surface area contributed by atoms with Crippen LogP contribution in [0.1, 0.15) is 36.7 Å². The number of nitrogens with one attached hydrogen (secondary N) is 1. The zero-order chi connectivity index (χ0) is 21.0. The number of fused-ring (bicyclic) bond motifs is 1. The summed E-state index contributed by atoms with van der Waals surface area (Å²) in [6.45, 7) is 5.59. The van der Waals surface area contributed by atoms with Crippen LogP contribution in [-0.2, 0) is 9.53 Å². The minimum atomic E-state index is -0.809. The van der Waals surface area contributed by atoms with Gasteiger partial charge >= 0.3 is 5.97 Å². The van der Waals surface area contributed by atoms with Crippen molar-refractivity contribution in [3.8, 4) is 5.75 Å². The predicted octanol–water partition coefficient (Wildman–Crippen LogP) is 5.27. The molecule has 150 valence electrons. The fourth-order valence-corrected chi connectivity index (χ4v) is 3.05. The molecule has 3 rings (SSSR count). The zero-order valence-electron chi connectivity index (χ0n) is 16.5. The van der Waals surface area contributed by atoms with Gasteiger partial charge in [-0.3, -0.25) is 4.79 Å². The van der Waals surface area contributed by atoms with Gasteiger partial charge in [0.15, 0.2) is 5.60 Å². The zero-order valence-corrected chi connectivity index (χ0v) is 17.2. The minimum Gasteiger partial charge on any atom is -0.479 e. The van der Waals surface area contributed by atoms with Crippen LogP contribution in [-0.4, -0.2) is 24.1 Å². The molecule has 1 atom stereocenters. The summed E-state index contributed by atoms with van der Waals surface area (Å²) >= 11 is 6.04. The largest absolute Gasteiger partial charge is 0.479 e. The Kier molecular flexibility index (Phi) is 6.09. The van der Waals surface area contributed by atoms with Gasteiger partial charge in [-0.25, -0.2) is 4.79 Å². The van der Waals surface area contributed by atoms with E-state index in [1.165, 1.54) is 6.08 Å². The third-order valence-corrected chi connectivity index (χ3v) is 4.57. The van der Waals surface area contributed by atoms with Crippen molar-refractivity contribution in [2.45, 2.75) is 26.4 Å². The Hall–Kier alpha value is -3.05. The van der Waals surface area contributed by atoms with Crippen molar-refractivity contribution in [2.75, 3.05) is 11.9 Å². The molecule has 1 amide bonds. The van der Waals surface area contributed by atoms with Gasteiger partial charge in [0.05, 0.1) is 10.6 Å². The maximum atomic E-state index is 12.3. The Bertz CT molecular complexity index is 1010. The van der Waals surface area contributed by atoms with Crippen LogP contribution in [0, 0.1) is 0 Å². The molecule has 0 aliphatic carbocycles. The lowest BCUT2D eigenvalue weighted by Gasteiger charge is -2.31. The number of anilines is 1. The predicted molar refractivity (Wildman–Crippen MR) is 114 cm³/mol. The summed E-state index contributed by atoms with van der Waals surface area (Å²) in [6.07, 6.45) is 5.26. The molecule has 0 spiro atoms. The number of benzene rings is 2. The van der Waals surface area contributed by atoms with Gasteiger partial charge in [-0.2, -0.15) is 0 Å². The topological polar surface area (TPSA) is 64.6 Å². The summed E-state index contributed by atoms with van der Waals surface area (Å²) in [4.78, 5) is 24.2. The normalized spacial score (nSPS) is 17.0. The van der Waals surface area contributed by atoms with E-state index in [1.807, 2.05) is 39.0 Å². The number of rotatable bonds is 5. The van der Waals surface area contributed by atoms with Gasteiger partial charge in [-0.15, -0.1) is 0 Å². The number of ether oxygens (including phenoxy) is 2. The third-order valence-electron chi connectivity index (χ3n) is 4.24. The van der Waals surface area contributed by atoms with E-state index >= 15 is 0 Å². The molecule has 0 fully saturated rings. The van der Waals surface area contributed by atoms with E-state index in [4.69, 9.17) is 21.1 Å². The SMILES string of the molecule is CC(C)=CC(=O)Nc1ccc2c(c1)C=CC(C)(COC(=O)c1ccccc1Cl)O2. The van der Waals surface area contributed by atoms with Crippen LogP contribution in [0.2, 0.25) is 5.02 Å². The van der Waals surface area contributed by atoms with Crippen LogP contribution in [0.25, 0.3) is 6.08 Å². The molecule has 0 radical (unpaired) electrons. The molecule has 0 saturated heterocycles. The number of allylic oxidation sites excluding steroid dienone is 1. The van der Waals surface area contributed by atoms with E-state index < -0.39 is 11.6 Å². The Morgan fingerprint density at radius 1 is 1.21 bits per heavy atom. The molecular formula is C23H22ClNO4. The summed E-state index contributed by atoms with van der Waals surface area (Å²) in [5, 5.41) is 3.16. The van der Waals surface area contributed by atoms with Crippen LogP contribution >= 0.6 is 11.6 Å². The minimum absolute atomic E-state index is 0.0338. The number of carbonyl (C=O) groups is 2. The molecule has 1 heterocycles. The smallest absolute Gasteiger partial charge is 0.339 e. The van der Waals surface area contributed by atoms with Crippen LogP contribution < -0.4 is 10.1 Å². The van der Waals surface area contributed by atoms with Gasteiger partial charge < -0.3 is 14.8 Å². The summed E-state index contributed by atoms with van der Waals surface area (Å²) in [7, 11) is 0. The van der Waals surface area contributed by atoms with Crippen molar-refractivity contribution >= 4 is 35.2 Å². The first-order valence-electron chi connectivity index (χ1n) is 9.16. The van der Waals surface area contributed by atoms with Crippen molar-refractivity contribution in [1.29, 1.82) is 0 Å². The second kappa shape index (κ2) is 8.53. The summed E-state index contributed by atoms with van der Waals surface area (Å²) in [5.41, 5.74) is 1.93. The van der Waals surface area contributed by atoms with E-state index in [-0.39, 0.29) is 12.5 Å². The second-order valence-corrected chi connectivity index (χ2v) is 7.67. The van der Waals surface area contributed by atoms with Gasteiger partial charge in [-0.1, -0.05) is 35.4 Å². The molecule has 0 saturated carbocycles. The monoisotopic (exact) mass is 411 g/mol. The third kappa shape index (κ3) is 5.27. The fourth-order valence-electron chi connectivity index (χ4n) is 2.83. The molecule has 29 heavy (non-hydrogen) atoms. The van der Waals surface area contributed by atoms with Gasteiger partial charge in [0, 0.05) is 17.3 Å². The standard InChI is InChI=1S/C23H22ClNO4/c1-15(2)12-21(26)25-17-8-9-20-16(13-17)10-11-23(3,29-20)14-28-22(27)18-6-4-5-7-19(18)24/h4-13H,14H2,1-3H3,(H,25,26). The van der Waals surface area contributed by atoms with E-state index in [1.54, 1.807) is 36.4 Å². The number of hydrogen-bond acceptors (Lipinski definition) is 4. The van der Waals surface area contributed by atoms with E-state index in [0.717, 1.165) is 11.1 Å². The van der Waals surface area contributed by atoms with Gasteiger partial charge in [0.25, 0.3) is 0 Å². The lowest BCUT2D eigenvalue weighted by molar-refractivity contribution is -0.111. The van der Waals surface area contributed by atoms with Crippen molar-refractivity contribution in [3.05, 3.63) is 76.3 Å². The Morgan fingerprint density at radius 2 is 1.97 bits per heavy atom. The average Bonchev–Trinajstić information content (AvgIpc) is 2.66. The lowest BCUT2D eigenvalue weighted by atomic mass is 10.0. The second-order valence-electron chi connectivity index (χ2n) is 7.27. The van der Waals surface area contributed by atoms with Crippen molar-refractivity contribution in [1.82, 2.24) is 0 Å². The summed E-state index contributed by atoms with van der Waals surface area (Å²) in [5.74, 6) is -0.0389. The van der Waals surface area contributed by atoms with Crippen LogP contribution in [0.4, 0.5) is 5.69 Å². The molecule has 1 N–H and O–H groups in total. The molecule has 1 aliphatic rings. The summed E-state index contributed by atoms with van der Waals surface area (Å²) < 4.78 is 11.5.